The fraction of sp³-hybridized carbons (Fsp3) is 0.0833. The molecule has 0 radical (unpaired) electrons. The maximum Gasteiger partial charge on any atom is 0.244 e. The number of carbonyl (C=O) groups excluding carboxylic acids is 1. The van der Waals surface area contributed by atoms with E-state index in [1.54, 1.807) is 6.21 Å². The molecule has 0 unspecified atom stereocenters. The van der Waals surface area contributed by atoms with Gasteiger partial charge in [-0.25, -0.2) is 0 Å². The number of nitrogens with one attached hydrogen (secondary N) is 2. The molecular formula is C24H22N4O. The van der Waals surface area contributed by atoms with Crippen molar-refractivity contribution in [1.29, 1.82) is 0 Å². The van der Waals surface area contributed by atoms with Gasteiger partial charge in [0.25, 0.3) is 0 Å². The second-order valence-electron chi connectivity index (χ2n) is 6.72. The van der Waals surface area contributed by atoms with Crippen LogP contribution >= 0.6 is 0 Å². The van der Waals surface area contributed by atoms with E-state index in [-0.39, 0.29) is 12.5 Å². The zero-order valence-electron chi connectivity index (χ0n) is 16.0. The van der Waals surface area contributed by atoms with Gasteiger partial charge in [-0.1, -0.05) is 66.7 Å². The standard InChI is InChI=1S/C24H22N4O/c29-24(27-21-11-5-2-6-12-21)18-28-17-20(22-13-7-8-14-23(22)28)16-26-25-15-19-9-3-1-4-10-19/h1-14,16-17,25H,15,18H2,(H,27,29). The number of hydrazone groups is 1. The smallest absolute Gasteiger partial charge is 0.244 e. The van der Waals surface area contributed by atoms with Crippen molar-refractivity contribution in [3.8, 4) is 0 Å². The molecule has 0 aliphatic carbocycles. The lowest BCUT2D eigenvalue weighted by atomic mass is 10.2. The second kappa shape index (κ2) is 8.89. The number of aromatic nitrogens is 1. The normalized spacial score (nSPS) is 11.0. The Hall–Kier alpha value is -3.86. The Morgan fingerprint density at radius 1 is 0.897 bits per heavy atom. The van der Waals surface area contributed by atoms with E-state index < -0.39 is 0 Å². The van der Waals surface area contributed by atoms with Gasteiger partial charge >= 0.3 is 0 Å². The number of hydrogen-bond acceptors (Lipinski definition) is 3. The molecule has 5 nitrogen and oxygen atoms in total. The van der Waals surface area contributed by atoms with Gasteiger partial charge in [0.1, 0.15) is 6.54 Å². The first-order valence-corrected chi connectivity index (χ1v) is 9.52. The zero-order valence-corrected chi connectivity index (χ0v) is 16.0. The Labute approximate surface area is 169 Å². The molecule has 0 fully saturated rings. The lowest BCUT2D eigenvalue weighted by Gasteiger charge is -2.07. The third-order valence-electron chi connectivity index (χ3n) is 4.61. The monoisotopic (exact) mass is 382 g/mol. The van der Waals surface area contributed by atoms with Crippen molar-refractivity contribution < 1.29 is 4.79 Å². The summed E-state index contributed by atoms with van der Waals surface area (Å²) in [5, 5.41) is 8.35. The Kier molecular flexibility index (Phi) is 5.67. The number of hydrogen-bond donors (Lipinski definition) is 2. The molecule has 4 aromatic rings. The van der Waals surface area contributed by atoms with Crippen molar-refractivity contribution in [2.24, 2.45) is 5.10 Å². The van der Waals surface area contributed by atoms with E-state index in [0.29, 0.717) is 6.54 Å². The van der Waals surface area contributed by atoms with Gasteiger partial charge in [-0.15, -0.1) is 0 Å². The van der Waals surface area contributed by atoms with E-state index in [9.17, 15) is 4.79 Å². The molecule has 0 spiro atoms. The Bertz CT molecular complexity index is 1120. The molecule has 0 bridgehead atoms. The molecule has 0 atom stereocenters. The molecule has 1 amide bonds. The van der Waals surface area contributed by atoms with E-state index in [1.807, 2.05) is 83.6 Å². The number of carbonyl (C=O) groups is 1. The predicted molar refractivity (Wildman–Crippen MR) is 118 cm³/mol. The first-order valence-electron chi connectivity index (χ1n) is 9.52. The maximum atomic E-state index is 12.5. The zero-order chi connectivity index (χ0) is 19.9. The van der Waals surface area contributed by atoms with Gasteiger partial charge in [-0.2, -0.15) is 5.10 Å². The number of anilines is 1. The summed E-state index contributed by atoms with van der Waals surface area (Å²) >= 11 is 0. The summed E-state index contributed by atoms with van der Waals surface area (Å²) in [6.07, 6.45) is 3.76. The van der Waals surface area contributed by atoms with Crippen LogP contribution in [0.15, 0.2) is 96.2 Å². The Morgan fingerprint density at radius 2 is 1.59 bits per heavy atom. The molecule has 0 aliphatic rings. The number of nitrogens with zero attached hydrogens (tertiary/aromatic N) is 2. The van der Waals surface area contributed by atoms with Crippen molar-refractivity contribution in [3.05, 3.63) is 102 Å². The van der Waals surface area contributed by atoms with E-state index in [4.69, 9.17) is 0 Å². The van der Waals surface area contributed by atoms with Crippen LogP contribution in [0.2, 0.25) is 0 Å². The second-order valence-corrected chi connectivity index (χ2v) is 6.72. The number of fused-ring (bicyclic) bond motifs is 1. The third-order valence-corrected chi connectivity index (χ3v) is 4.61. The molecule has 144 valence electrons. The lowest BCUT2D eigenvalue weighted by molar-refractivity contribution is -0.116. The minimum absolute atomic E-state index is 0.0670. The van der Waals surface area contributed by atoms with Gasteiger partial charge in [0, 0.05) is 28.4 Å². The van der Waals surface area contributed by atoms with E-state index in [0.717, 1.165) is 22.2 Å². The average molecular weight is 382 g/mol. The minimum Gasteiger partial charge on any atom is -0.337 e. The number of amides is 1. The van der Waals surface area contributed by atoms with Gasteiger partial charge in [-0.3, -0.25) is 4.79 Å². The van der Waals surface area contributed by atoms with Crippen LogP contribution in [0.4, 0.5) is 5.69 Å². The SMILES string of the molecule is O=C(Cn1cc(C=NNCc2ccccc2)c2ccccc21)Nc1ccccc1. The largest absolute Gasteiger partial charge is 0.337 e. The molecule has 2 N–H and O–H groups in total. The van der Waals surface area contributed by atoms with Crippen molar-refractivity contribution in [2.45, 2.75) is 13.1 Å². The number of benzene rings is 3. The van der Waals surface area contributed by atoms with Crippen LogP contribution in [0.3, 0.4) is 0 Å². The third kappa shape index (κ3) is 4.71. The summed E-state index contributed by atoms with van der Waals surface area (Å²) in [7, 11) is 0. The van der Waals surface area contributed by atoms with E-state index >= 15 is 0 Å². The van der Waals surface area contributed by atoms with Gasteiger partial charge in [-0.05, 0) is 23.8 Å². The highest BCUT2D eigenvalue weighted by molar-refractivity contribution is 6.00. The van der Waals surface area contributed by atoms with Crippen LogP contribution in [0.5, 0.6) is 0 Å². The van der Waals surface area contributed by atoms with Crippen LogP contribution in [0.1, 0.15) is 11.1 Å². The summed E-state index contributed by atoms with van der Waals surface area (Å²) in [6.45, 7) is 0.899. The van der Waals surface area contributed by atoms with Crippen molar-refractivity contribution in [2.75, 3.05) is 5.32 Å². The lowest BCUT2D eigenvalue weighted by Crippen LogP contribution is -2.18. The van der Waals surface area contributed by atoms with Gasteiger partial charge < -0.3 is 15.3 Å². The van der Waals surface area contributed by atoms with Crippen molar-refractivity contribution >= 4 is 28.7 Å². The first-order chi connectivity index (χ1) is 14.3. The summed E-state index contributed by atoms with van der Waals surface area (Å²) in [5.74, 6) is -0.0670. The van der Waals surface area contributed by atoms with Crippen LogP contribution in [-0.4, -0.2) is 16.7 Å². The van der Waals surface area contributed by atoms with E-state index in [2.05, 4.69) is 28.0 Å². The average Bonchev–Trinajstić information content (AvgIpc) is 3.10. The van der Waals surface area contributed by atoms with Gasteiger partial charge in [0.05, 0.1) is 12.8 Å². The van der Waals surface area contributed by atoms with Gasteiger partial charge in [0.15, 0.2) is 0 Å². The molecule has 29 heavy (non-hydrogen) atoms. The Morgan fingerprint density at radius 3 is 2.38 bits per heavy atom. The van der Waals surface area contributed by atoms with Crippen molar-refractivity contribution in [1.82, 2.24) is 9.99 Å². The number of rotatable bonds is 7. The Balaban J connectivity index is 1.47. The highest BCUT2D eigenvalue weighted by Crippen LogP contribution is 2.20. The first kappa shape index (κ1) is 18.5. The van der Waals surface area contributed by atoms with Crippen molar-refractivity contribution in [3.63, 3.8) is 0 Å². The number of para-hydroxylation sites is 2. The van der Waals surface area contributed by atoms with Gasteiger partial charge in [0.2, 0.25) is 5.91 Å². The fourth-order valence-electron chi connectivity index (χ4n) is 3.23. The summed E-state index contributed by atoms with van der Waals surface area (Å²) < 4.78 is 1.95. The molecule has 5 heteroatoms. The molecule has 1 aromatic heterocycles. The summed E-state index contributed by atoms with van der Waals surface area (Å²) in [5.41, 5.74) is 7.01. The summed E-state index contributed by atoms with van der Waals surface area (Å²) in [4.78, 5) is 12.5. The topological polar surface area (TPSA) is 58.4 Å². The maximum absolute atomic E-state index is 12.5. The van der Waals surface area contributed by atoms with Crippen LogP contribution in [-0.2, 0) is 17.9 Å². The molecule has 1 heterocycles. The molecular weight excluding hydrogens is 360 g/mol. The molecule has 0 saturated heterocycles. The van der Waals surface area contributed by atoms with Crippen LogP contribution in [0.25, 0.3) is 10.9 Å². The molecule has 3 aromatic carbocycles. The van der Waals surface area contributed by atoms with Crippen LogP contribution < -0.4 is 10.7 Å². The molecule has 4 rings (SSSR count). The highest BCUT2D eigenvalue weighted by Gasteiger charge is 2.10. The van der Waals surface area contributed by atoms with Crippen LogP contribution in [0, 0.1) is 0 Å². The minimum atomic E-state index is -0.0670. The molecule has 0 saturated carbocycles. The highest BCUT2D eigenvalue weighted by atomic mass is 16.1. The fourth-order valence-corrected chi connectivity index (χ4v) is 3.23. The molecule has 0 aliphatic heterocycles. The quantitative estimate of drug-likeness (QED) is 0.368. The summed E-state index contributed by atoms with van der Waals surface area (Å²) in [6, 6.07) is 27.6. The predicted octanol–water partition coefficient (Wildman–Crippen LogP) is 4.40. The van der Waals surface area contributed by atoms with E-state index in [1.165, 1.54) is 5.56 Å².